The van der Waals surface area contributed by atoms with E-state index < -0.39 is 0 Å². The highest BCUT2D eigenvalue weighted by Crippen LogP contribution is 2.15. The summed E-state index contributed by atoms with van der Waals surface area (Å²) in [6.45, 7) is 6.86. The van der Waals surface area contributed by atoms with E-state index in [-0.39, 0.29) is 6.03 Å². The van der Waals surface area contributed by atoms with Crippen LogP contribution in [-0.2, 0) is 0 Å². The summed E-state index contributed by atoms with van der Waals surface area (Å²) in [6.07, 6.45) is 0.958. The van der Waals surface area contributed by atoms with E-state index in [1.807, 2.05) is 4.90 Å². The van der Waals surface area contributed by atoms with Gasteiger partial charge in [0.15, 0.2) is 0 Å². The van der Waals surface area contributed by atoms with E-state index >= 15 is 0 Å². The quantitative estimate of drug-likeness (QED) is 0.786. The van der Waals surface area contributed by atoms with Crippen LogP contribution in [0, 0.1) is 6.92 Å². The lowest BCUT2D eigenvalue weighted by molar-refractivity contribution is 0.218. The van der Waals surface area contributed by atoms with E-state index in [0.717, 1.165) is 39.1 Å². The predicted octanol–water partition coefficient (Wildman–Crippen LogP) is 1.18. The van der Waals surface area contributed by atoms with Crippen molar-refractivity contribution in [2.45, 2.75) is 13.3 Å². The third-order valence-electron chi connectivity index (χ3n) is 3.62. The molecule has 0 aromatic heterocycles. The molecule has 1 heterocycles. The van der Waals surface area contributed by atoms with Gasteiger partial charge >= 0.3 is 6.03 Å². The molecule has 0 atom stereocenters. The molecule has 1 fully saturated rings. The van der Waals surface area contributed by atoms with E-state index in [4.69, 9.17) is 5.73 Å². The smallest absolute Gasteiger partial charge is 0.317 e. The number of hydrogen-bond acceptors (Lipinski definition) is 3. The van der Waals surface area contributed by atoms with E-state index in [9.17, 15) is 4.79 Å². The topological polar surface area (TPSA) is 61.6 Å². The largest absolute Gasteiger partial charge is 0.370 e. The molecule has 0 saturated carbocycles. The van der Waals surface area contributed by atoms with Gasteiger partial charge in [0.25, 0.3) is 0 Å². The van der Waals surface area contributed by atoms with Crippen LogP contribution in [-0.4, -0.2) is 50.2 Å². The summed E-state index contributed by atoms with van der Waals surface area (Å²) in [5, 5.41) is 2.83. The molecular formula is C15H24N4O. The number of aryl methyl sites for hydroxylation is 1. The fourth-order valence-corrected chi connectivity index (χ4v) is 2.37. The number of benzene rings is 1. The van der Waals surface area contributed by atoms with E-state index in [1.54, 1.807) is 0 Å². The summed E-state index contributed by atoms with van der Waals surface area (Å²) in [7, 11) is 0. The zero-order valence-corrected chi connectivity index (χ0v) is 12.1. The molecule has 1 aromatic rings. The second-order valence-corrected chi connectivity index (χ2v) is 5.18. The minimum absolute atomic E-state index is 0.0488. The molecule has 0 aliphatic carbocycles. The Bertz CT molecular complexity index is 432. The van der Waals surface area contributed by atoms with Crippen molar-refractivity contribution in [1.29, 1.82) is 0 Å². The molecule has 110 valence electrons. The minimum Gasteiger partial charge on any atom is -0.370 e. The Morgan fingerprint density at radius 3 is 2.65 bits per heavy atom. The summed E-state index contributed by atoms with van der Waals surface area (Å²) in [5.41, 5.74) is 8.07. The number of nitrogens with one attached hydrogen (secondary N) is 1. The van der Waals surface area contributed by atoms with Gasteiger partial charge in [0, 0.05) is 38.4 Å². The van der Waals surface area contributed by atoms with Crippen LogP contribution in [0.15, 0.2) is 24.3 Å². The summed E-state index contributed by atoms with van der Waals surface area (Å²) in [6, 6.07) is 8.56. The van der Waals surface area contributed by atoms with Crippen molar-refractivity contribution in [3.05, 3.63) is 29.8 Å². The first-order valence-electron chi connectivity index (χ1n) is 7.25. The molecule has 0 spiro atoms. The van der Waals surface area contributed by atoms with Gasteiger partial charge in [-0.15, -0.1) is 0 Å². The maximum Gasteiger partial charge on any atom is 0.317 e. The van der Waals surface area contributed by atoms with Crippen LogP contribution >= 0.6 is 0 Å². The average molecular weight is 276 g/mol. The van der Waals surface area contributed by atoms with Crippen LogP contribution < -0.4 is 16.0 Å². The number of nitrogens with two attached hydrogens (primary N) is 1. The Morgan fingerprint density at radius 2 is 2.05 bits per heavy atom. The standard InChI is InChI=1S/C15H24N4O/c1-13-3-5-14(6-4-13)18(9-2-7-16)11-12-19-10-8-17-15(19)20/h3-6H,2,7-12,16H2,1H3,(H,17,20). The molecule has 0 radical (unpaired) electrons. The van der Waals surface area contributed by atoms with Crippen LogP contribution in [0.4, 0.5) is 10.5 Å². The molecule has 1 aliphatic heterocycles. The van der Waals surface area contributed by atoms with Crippen LogP contribution in [0.3, 0.4) is 0 Å². The highest BCUT2D eigenvalue weighted by Gasteiger charge is 2.19. The van der Waals surface area contributed by atoms with Gasteiger partial charge in [0.1, 0.15) is 0 Å². The van der Waals surface area contributed by atoms with Crippen molar-refractivity contribution < 1.29 is 4.79 Å². The Morgan fingerprint density at radius 1 is 1.30 bits per heavy atom. The van der Waals surface area contributed by atoms with Crippen molar-refractivity contribution in [2.24, 2.45) is 5.73 Å². The second-order valence-electron chi connectivity index (χ2n) is 5.18. The molecule has 2 amide bonds. The predicted molar refractivity (Wildman–Crippen MR) is 82.0 cm³/mol. The SMILES string of the molecule is Cc1ccc(N(CCCN)CCN2CCNC2=O)cc1. The lowest BCUT2D eigenvalue weighted by Crippen LogP contribution is -2.37. The van der Waals surface area contributed by atoms with Gasteiger partial charge in [-0.25, -0.2) is 4.79 Å². The molecular weight excluding hydrogens is 252 g/mol. The highest BCUT2D eigenvalue weighted by molar-refractivity contribution is 5.76. The van der Waals surface area contributed by atoms with Gasteiger partial charge < -0.3 is 20.9 Å². The number of nitrogens with zero attached hydrogens (tertiary/aromatic N) is 2. The zero-order chi connectivity index (χ0) is 14.4. The van der Waals surface area contributed by atoms with Crippen LogP contribution in [0.1, 0.15) is 12.0 Å². The first kappa shape index (κ1) is 14.7. The van der Waals surface area contributed by atoms with Crippen LogP contribution in [0.2, 0.25) is 0 Å². The lowest BCUT2D eigenvalue weighted by atomic mass is 10.2. The van der Waals surface area contributed by atoms with Gasteiger partial charge in [0.05, 0.1) is 0 Å². The number of carbonyl (C=O) groups is 1. The lowest BCUT2D eigenvalue weighted by Gasteiger charge is -2.27. The number of carbonyl (C=O) groups excluding carboxylic acids is 1. The Kier molecular flexibility index (Phi) is 5.24. The minimum atomic E-state index is 0.0488. The molecule has 1 aromatic carbocycles. The first-order valence-corrected chi connectivity index (χ1v) is 7.25. The van der Waals surface area contributed by atoms with Gasteiger partial charge in [-0.2, -0.15) is 0 Å². The molecule has 0 bridgehead atoms. The number of urea groups is 1. The van der Waals surface area contributed by atoms with E-state index in [0.29, 0.717) is 6.54 Å². The summed E-state index contributed by atoms with van der Waals surface area (Å²) >= 11 is 0. The van der Waals surface area contributed by atoms with Gasteiger partial charge in [-0.1, -0.05) is 17.7 Å². The Balaban J connectivity index is 1.95. The van der Waals surface area contributed by atoms with Gasteiger partial charge in [-0.05, 0) is 32.0 Å². The molecule has 5 nitrogen and oxygen atoms in total. The molecule has 20 heavy (non-hydrogen) atoms. The summed E-state index contributed by atoms with van der Waals surface area (Å²) < 4.78 is 0. The highest BCUT2D eigenvalue weighted by atomic mass is 16.2. The molecule has 1 saturated heterocycles. The van der Waals surface area contributed by atoms with E-state index in [2.05, 4.69) is 41.4 Å². The van der Waals surface area contributed by atoms with Crippen molar-refractivity contribution in [2.75, 3.05) is 44.2 Å². The van der Waals surface area contributed by atoms with Crippen molar-refractivity contribution >= 4 is 11.7 Å². The van der Waals surface area contributed by atoms with Crippen molar-refractivity contribution in [1.82, 2.24) is 10.2 Å². The molecule has 5 heteroatoms. The van der Waals surface area contributed by atoms with Gasteiger partial charge in [0.2, 0.25) is 0 Å². The third-order valence-corrected chi connectivity index (χ3v) is 3.62. The fourth-order valence-electron chi connectivity index (χ4n) is 2.37. The molecule has 0 unspecified atom stereocenters. The normalized spacial score (nSPS) is 14.5. The Hall–Kier alpha value is -1.75. The number of rotatable bonds is 7. The summed E-state index contributed by atoms with van der Waals surface area (Å²) in [5.74, 6) is 0. The van der Waals surface area contributed by atoms with Crippen molar-refractivity contribution in [3.63, 3.8) is 0 Å². The maximum atomic E-state index is 11.6. The number of anilines is 1. The second kappa shape index (κ2) is 7.14. The maximum absolute atomic E-state index is 11.6. The Labute approximate surface area is 120 Å². The summed E-state index contributed by atoms with van der Waals surface area (Å²) in [4.78, 5) is 15.7. The first-order chi connectivity index (χ1) is 9.70. The zero-order valence-electron chi connectivity index (χ0n) is 12.1. The molecule has 2 rings (SSSR count). The third kappa shape index (κ3) is 3.87. The van der Waals surface area contributed by atoms with Crippen LogP contribution in [0.5, 0.6) is 0 Å². The monoisotopic (exact) mass is 276 g/mol. The fraction of sp³-hybridized carbons (Fsp3) is 0.533. The average Bonchev–Trinajstić information content (AvgIpc) is 2.86. The number of hydrogen-bond donors (Lipinski definition) is 2. The molecule has 1 aliphatic rings. The van der Waals surface area contributed by atoms with E-state index in [1.165, 1.54) is 11.3 Å². The molecule has 3 N–H and O–H groups in total. The van der Waals surface area contributed by atoms with Crippen molar-refractivity contribution in [3.8, 4) is 0 Å². The van der Waals surface area contributed by atoms with Gasteiger partial charge in [-0.3, -0.25) is 0 Å². The number of amides is 2. The van der Waals surface area contributed by atoms with Crippen LogP contribution in [0.25, 0.3) is 0 Å².